The lowest BCUT2D eigenvalue weighted by Crippen LogP contribution is -2.32. The van der Waals surface area contributed by atoms with Crippen molar-refractivity contribution < 1.29 is 13.3 Å². The maximum absolute atomic E-state index is 12.3. The number of nitro groups is 1. The Labute approximate surface area is 124 Å². The van der Waals surface area contributed by atoms with Gasteiger partial charge in [0.05, 0.1) is 4.92 Å². The van der Waals surface area contributed by atoms with Crippen LogP contribution in [0.2, 0.25) is 0 Å². The van der Waals surface area contributed by atoms with Crippen LogP contribution in [0.15, 0.2) is 23.1 Å². The van der Waals surface area contributed by atoms with Gasteiger partial charge in [0, 0.05) is 24.3 Å². The zero-order valence-electron chi connectivity index (χ0n) is 12.4. The Kier molecular flexibility index (Phi) is 6.10. The summed E-state index contributed by atoms with van der Waals surface area (Å²) in [6.45, 7) is 6.18. The maximum Gasteiger partial charge on any atom is 0.289 e. The van der Waals surface area contributed by atoms with Crippen molar-refractivity contribution in [1.82, 2.24) is 4.72 Å². The summed E-state index contributed by atoms with van der Waals surface area (Å²) in [6.07, 6.45) is 1.46. The van der Waals surface area contributed by atoms with Gasteiger partial charge < -0.3 is 5.32 Å². The van der Waals surface area contributed by atoms with E-state index in [1.165, 1.54) is 18.2 Å². The molecule has 0 spiro atoms. The van der Waals surface area contributed by atoms with Crippen molar-refractivity contribution >= 4 is 21.4 Å². The summed E-state index contributed by atoms with van der Waals surface area (Å²) in [7, 11) is -3.93. The van der Waals surface area contributed by atoms with Gasteiger partial charge >= 0.3 is 0 Å². The minimum Gasteiger partial charge on any atom is -0.385 e. The normalized spacial score (nSPS) is 12.9. The summed E-state index contributed by atoms with van der Waals surface area (Å²) >= 11 is 0. The third kappa shape index (κ3) is 4.68. The molecule has 0 aliphatic rings. The Balaban J connectivity index is 3.25. The van der Waals surface area contributed by atoms with Crippen molar-refractivity contribution in [3.05, 3.63) is 28.3 Å². The molecule has 7 nitrogen and oxygen atoms in total. The number of nitrogens with zero attached hydrogens (tertiary/aromatic N) is 1. The second-order valence-corrected chi connectivity index (χ2v) is 6.48. The van der Waals surface area contributed by atoms with E-state index in [-0.39, 0.29) is 10.9 Å². The van der Waals surface area contributed by atoms with E-state index in [1.54, 1.807) is 6.92 Å². The van der Waals surface area contributed by atoms with Gasteiger partial charge in [-0.25, -0.2) is 13.1 Å². The summed E-state index contributed by atoms with van der Waals surface area (Å²) in [5.41, 5.74) is 0.125. The number of sulfonamides is 1. The molecule has 0 aliphatic carbocycles. The SMILES string of the molecule is CCCNc1ccc([N+](=O)[O-])c(S(=O)(=O)NC(C)CC)c1. The molecule has 0 saturated carbocycles. The molecule has 1 rings (SSSR count). The van der Waals surface area contributed by atoms with Crippen molar-refractivity contribution in [2.75, 3.05) is 11.9 Å². The summed E-state index contributed by atoms with van der Waals surface area (Å²) in [4.78, 5) is 10.0. The molecule has 8 heteroatoms. The topological polar surface area (TPSA) is 101 Å². The minimum atomic E-state index is -3.93. The lowest BCUT2D eigenvalue weighted by Gasteiger charge is -2.13. The van der Waals surface area contributed by atoms with E-state index in [4.69, 9.17) is 0 Å². The van der Waals surface area contributed by atoms with Crippen LogP contribution in [0.4, 0.5) is 11.4 Å². The fourth-order valence-electron chi connectivity index (χ4n) is 1.67. The van der Waals surface area contributed by atoms with Gasteiger partial charge in [-0.05, 0) is 31.9 Å². The van der Waals surface area contributed by atoms with Crippen LogP contribution in [0.25, 0.3) is 0 Å². The number of hydrogen-bond donors (Lipinski definition) is 2. The summed E-state index contributed by atoms with van der Waals surface area (Å²) in [5.74, 6) is 0. The molecule has 0 saturated heterocycles. The molecule has 21 heavy (non-hydrogen) atoms. The third-order valence-electron chi connectivity index (χ3n) is 2.99. The van der Waals surface area contributed by atoms with E-state index in [0.29, 0.717) is 18.7 Å². The highest BCUT2D eigenvalue weighted by molar-refractivity contribution is 7.89. The van der Waals surface area contributed by atoms with Crippen LogP contribution < -0.4 is 10.0 Å². The molecule has 1 unspecified atom stereocenters. The van der Waals surface area contributed by atoms with E-state index >= 15 is 0 Å². The van der Waals surface area contributed by atoms with Crippen LogP contribution in [-0.4, -0.2) is 25.9 Å². The zero-order valence-corrected chi connectivity index (χ0v) is 13.2. The molecule has 0 fully saturated rings. The first-order valence-electron chi connectivity index (χ1n) is 6.86. The number of hydrogen-bond acceptors (Lipinski definition) is 5. The second kappa shape index (κ2) is 7.37. The van der Waals surface area contributed by atoms with Crippen molar-refractivity contribution in [3.8, 4) is 0 Å². The van der Waals surface area contributed by atoms with Crippen molar-refractivity contribution in [2.45, 2.75) is 44.6 Å². The summed E-state index contributed by atoms with van der Waals surface area (Å²) in [6, 6.07) is 3.74. The fourth-order valence-corrected chi connectivity index (χ4v) is 3.19. The van der Waals surface area contributed by atoms with E-state index in [2.05, 4.69) is 10.0 Å². The second-order valence-electron chi connectivity index (χ2n) is 4.80. The summed E-state index contributed by atoms with van der Waals surface area (Å²) < 4.78 is 27.1. The molecule has 0 bridgehead atoms. The quantitative estimate of drug-likeness (QED) is 0.567. The smallest absolute Gasteiger partial charge is 0.289 e. The number of nitrogens with one attached hydrogen (secondary N) is 2. The maximum atomic E-state index is 12.3. The average molecular weight is 315 g/mol. The molecular weight excluding hydrogens is 294 g/mol. The Morgan fingerprint density at radius 3 is 2.52 bits per heavy atom. The number of rotatable bonds is 8. The van der Waals surface area contributed by atoms with Gasteiger partial charge in [0.15, 0.2) is 4.90 Å². The molecule has 1 atom stereocenters. The van der Waals surface area contributed by atoms with Gasteiger partial charge in [-0.2, -0.15) is 0 Å². The molecule has 0 heterocycles. The van der Waals surface area contributed by atoms with Crippen LogP contribution >= 0.6 is 0 Å². The monoisotopic (exact) mass is 315 g/mol. The van der Waals surface area contributed by atoms with Crippen LogP contribution in [0.3, 0.4) is 0 Å². The predicted molar refractivity (Wildman–Crippen MR) is 82.0 cm³/mol. The molecule has 118 valence electrons. The molecule has 0 aliphatic heterocycles. The van der Waals surface area contributed by atoms with Gasteiger partial charge in [-0.3, -0.25) is 10.1 Å². The number of nitro benzene ring substituents is 1. The molecular formula is C13H21N3O4S. The van der Waals surface area contributed by atoms with E-state index < -0.39 is 20.6 Å². The first-order chi connectivity index (χ1) is 9.81. The zero-order chi connectivity index (χ0) is 16.0. The van der Waals surface area contributed by atoms with Crippen LogP contribution in [0, 0.1) is 10.1 Å². The number of anilines is 1. The van der Waals surface area contributed by atoms with E-state index in [0.717, 1.165) is 6.42 Å². The van der Waals surface area contributed by atoms with Gasteiger partial charge in [0.2, 0.25) is 10.0 Å². The van der Waals surface area contributed by atoms with Gasteiger partial charge in [0.25, 0.3) is 5.69 Å². The van der Waals surface area contributed by atoms with E-state index in [1.807, 2.05) is 13.8 Å². The minimum absolute atomic E-state index is 0.290. The fraction of sp³-hybridized carbons (Fsp3) is 0.538. The van der Waals surface area contributed by atoms with Crippen molar-refractivity contribution in [1.29, 1.82) is 0 Å². The van der Waals surface area contributed by atoms with Crippen LogP contribution in [0.5, 0.6) is 0 Å². The first-order valence-corrected chi connectivity index (χ1v) is 8.34. The Morgan fingerprint density at radius 1 is 1.33 bits per heavy atom. The van der Waals surface area contributed by atoms with Gasteiger partial charge in [-0.15, -0.1) is 0 Å². The molecule has 0 amide bonds. The average Bonchev–Trinajstić information content (AvgIpc) is 2.44. The highest BCUT2D eigenvalue weighted by Gasteiger charge is 2.27. The summed E-state index contributed by atoms with van der Waals surface area (Å²) in [5, 5.41) is 14.1. The van der Waals surface area contributed by atoms with Crippen LogP contribution in [0.1, 0.15) is 33.6 Å². The largest absolute Gasteiger partial charge is 0.385 e. The Hall–Kier alpha value is -1.67. The Morgan fingerprint density at radius 2 is 2.00 bits per heavy atom. The first kappa shape index (κ1) is 17.4. The lowest BCUT2D eigenvalue weighted by molar-refractivity contribution is -0.387. The van der Waals surface area contributed by atoms with Crippen molar-refractivity contribution in [2.24, 2.45) is 0 Å². The highest BCUT2D eigenvalue weighted by atomic mass is 32.2. The van der Waals surface area contributed by atoms with Crippen LogP contribution in [-0.2, 0) is 10.0 Å². The Bertz CT molecular complexity index is 601. The van der Waals surface area contributed by atoms with E-state index in [9.17, 15) is 18.5 Å². The highest BCUT2D eigenvalue weighted by Crippen LogP contribution is 2.27. The number of benzene rings is 1. The molecule has 1 aromatic rings. The standard InChI is InChI=1S/C13H21N3O4S/c1-4-8-14-11-6-7-12(16(17)18)13(9-11)21(19,20)15-10(3)5-2/h6-7,9-10,14-15H,4-5,8H2,1-3H3. The molecule has 2 N–H and O–H groups in total. The molecule has 0 radical (unpaired) electrons. The lowest BCUT2D eigenvalue weighted by atomic mass is 10.3. The van der Waals surface area contributed by atoms with Gasteiger partial charge in [-0.1, -0.05) is 13.8 Å². The van der Waals surface area contributed by atoms with Gasteiger partial charge in [0.1, 0.15) is 0 Å². The van der Waals surface area contributed by atoms with Crippen molar-refractivity contribution in [3.63, 3.8) is 0 Å². The predicted octanol–water partition coefficient (Wildman–Crippen LogP) is 2.49. The third-order valence-corrected chi connectivity index (χ3v) is 4.61. The molecule has 1 aromatic carbocycles. The molecule has 0 aromatic heterocycles.